The summed E-state index contributed by atoms with van der Waals surface area (Å²) >= 11 is 4.82. The van der Waals surface area contributed by atoms with Crippen molar-refractivity contribution in [1.82, 2.24) is 5.32 Å². The number of aryl methyl sites for hydroxylation is 2. The van der Waals surface area contributed by atoms with Crippen molar-refractivity contribution < 1.29 is 14.3 Å². The Kier molecular flexibility index (Phi) is 6.62. The minimum atomic E-state index is -0.205. The molecule has 148 valence electrons. The number of ether oxygens (including phenoxy) is 2. The van der Waals surface area contributed by atoms with Crippen molar-refractivity contribution >= 4 is 50.5 Å². The lowest BCUT2D eigenvalue weighted by Crippen LogP contribution is -2.19. The highest BCUT2D eigenvalue weighted by Crippen LogP contribution is 2.33. The van der Waals surface area contributed by atoms with Crippen LogP contribution in [0.5, 0.6) is 11.5 Å². The van der Waals surface area contributed by atoms with Crippen molar-refractivity contribution in [3.05, 3.63) is 56.4 Å². The second kappa shape index (κ2) is 9.16. The zero-order chi connectivity index (χ0) is 21.0. The molecule has 0 saturated carbocycles. The fourth-order valence-electron chi connectivity index (χ4n) is 2.74. The van der Waals surface area contributed by atoms with Crippen molar-refractivity contribution in [2.75, 3.05) is 13.7 Å². The molecular formula is C21H18BrN3O3S. The number of methoxy groups -OCH3 is 1. The molecule has 1 N–H and O–H groups in total. The van der Waals surface area contributed by atoms with E-state index in [2.05, 4.69) is 26.2 Å². The van der Waals surface area contributed by atoms with E-state index in [9.17, 15) is 4.79 Å². The number of nitrogens with zero attached hydrogens (tertiary/aromatic N) is 2. The van der Waals surface area contributed by atoms with Gasteiger partial charge < -0.3 is 14.8 Å². The lowest BCUT2D eigenvalue weighted by Gasteiger charge is -2.09. The molecule has 1 saturated heterocycles. The molecule has 1 amide bonds. The number of amides is 1. The average molecular weight is 472 g/mol. The molecule has 1 aliphatic heterocycles. The topological polar surface area (TPSA) is 83.7 Å². The summed E-state index contributed by atoms with van der Waals surface area (Å²) in [5, 5.41) is 12.0. The Balaban J connectivity index is 1.83. The van der Waals surface area contributed by atoms with Crippen LogP contribution in [0, 0.1) is 25.2 Å². The number of carbonyl (C=O) groups is 1. The molecule has 1 fully saturated rings. The van der Waals surface area contributed by atoms with Crippen LogP contribution in [0.4, 0.5) is 5.69 Å². The Bertz CT molecular complexity index is 1050. The standard InChI is InChI=1S/C21H18BrN3O3S/c1-12-8-15(9-13(2)19(12)22)24-21-25-20(26)18(29-21)11-14-4-5-16(28-7-6-23)17(10-14)27-3/h4-5,8-11H,7H2,1-3H3,(H,24,25,26)/b18-11-. The summed E-state index contributed by atoms with van der Waals surface area (Å²) < 4.78 is 11.7. The Morgan fingerprint density at radius 1 is 1.24 bits per heavy atom. The number of hydrogen-bond acceptors (Lipinski definition) is 6. The Morgan fingerprint density at radius 2 is 1.97 bits per heavy atom. The van der Waals surface area contributed by atoms with Gasteiger partial charge in [-0.2, -0.15) is 5.26 Å². The number of benzene rings is 2. The van der Waals surface area contributed by atoms with Crippen molar-refractivity contribution in [2.45, 2.75) is 13.8 Å². The number of amidine groups is 1. The number of thioether (sulfide) groups is 1. The fraction of sp³-hybridized carbons (Fsp3) is 0.190. The molecule has 0 atom stereocenters. The fourth-order valence-corrected chi connectivity index (χ4v) is 3.81. The summed E-state index contributed by atoms with van der Waals surface area (Å²) in [6, 6.07) is 11.1. The van der Waals surface area contributed by atoms with Crippen LogP contribution in [-0.2, 0) is 4.79 Å². The Morgan fingerprint density at radius 3 is 2.62 bits per heavy atom. The van der Waals surface area contributed by atoms with Gasteiger partial charge >= 0.3 is 0 Å². The number of halogens is 1. The number of nitrogens with one attached hydrogen (secondary N) is 1. The molecule has 1 heterocycles. The third-order valence-corrected chi connectivity index (χ3v) is 6.24. The minimum Gasteiger partial charge on any atom is -0.493 e. The number of nitriles is 1. The van der Waals surface area contributed by atoms with Crippen molar-refractivity contribution in [3.63, 3.8) is 0 Å². The van der Waals surface area contributed by atoms with E-state index < -0.39 is 0 Å². The van der Waals surface area contributed by atoms with Gasteiger partial charge in [0.2, 0.25) is 0 Å². The molecule has 1 aliphatic rings. The van der Waals surface area contributed by atoms with E-state index in [4.69, 9.17) is 14.7 Å². The van der Waals surface area contributed by atoms with Crippen molar-refractivity contribution in [3.8, 4) is 17.6 Å². The van der Waals surface area contributed by atoms with E-state index in [0.29, 0.717) is 21.6 Å². The largest absolute Gasteiger partial charge is 0.493 e. The molecule has 3 rings (SSSR count). The predicted octanol–water partition coefficient (Wildman–Crippen LogP) is 4.87. The number of carbonyl (C=O) groups excluding carboxylic acids is 1. The minimum absolute atomic E-state index is 0.0656. The van der Waals surface area contributed by atoms with Gasteiger partial charge in [-0.05, 0) is 72.6 Å². The van der Waals surface area contributed by atoms with Gasteiger partial charge in [-0.25, -0.2) is 4.99 Å². The van der Waals surface area contributed by atoms with Gasteiger partial charge in [-0.3, -0.25) is 4.79 Å². The van der Waals surface area contributed by atoms with Gasteiger partial charge in [0.25, 0.3) is 5.91 Å². The first-order valence-corrected chi connectivity index (χ1v) is 10.3. The van der Waals surface area contributed by atoms with Crippen LogP contribution in [0.1, 0.15) is 16.7 Å². The smallest absolute Gasteiger partial charge is 0.264 e. The van der Waals surface area contributed by atoms with E-state index >= 15 is 0 Å². The summed E-state index contributed by atoms with van der Waals surface area (Å²) in [5.74, 6) is 0.763. The molecule has 0 aromatic heterocycles. The molecule has 0 bridgehead atoms. The average Bonchev–Trinajstić information content (AvgIpc) is 3.03. The maximum atomic E-state index is 12.3. The highest BCUT2D eigenvalue weighted by molar-refractivity contribution is 9.10. The number of aliphatic imine (C=N–C) groups is 1. The third kappa shape index (κ3) is 5.00. The zero-order valence-corrected chi connectivity index (χ0v) is 18.5. The molecule has 6 nitrogen and oxygen atoms in total. The first kappa shape index (κ1) is 21.0. The van der Waals surface area contributed by atoms with E-state index in [1.165, 1.54) is 18.9 Å². The Hall–Kier alpha value is -2.76. The normalized spacial score (nSPS) is 16.0. The van der Waals surface area contributed by atoms with Crippen LogP contribution in [0.15, 0.2) is 44.7 Å². The number of hydrogen-bond donors (Lipinski definition) is 1. The van der Waals surface area contributed by atoms with Crippen LogP contribution in [-0.4, -0.2) is 24.8 Å². The maximum Gasteiger partial charge on any atom is 0.264 e. The first-order chi connectivity index (χ1) is 13.9. The van der Waals surface area contributed by atoms with Gasteiger partial charge in [-0.1, -0.05) is 22.0 Å². The zero-order valence-electron chi connectivity index (χ0n) is 16.1. The summed E-state index contributed by atoms with van der Waals surface area (Å²) in [7, 11) is 1.52. The summed E-state index contributed by atoms with van der Waals surface area (Å²) in [4.78, 5) is 17.4. The monoisotopic (exact) mass is 471 g/mol. The molecule has 0 radical (unpaired) electrons. The quantitative estimate of drug-likeness (QED) is 0.628. The lowest BCUT2D eigenvalue weighted by atomic mass is 10.1. The third-order valence-electron chi connectivity index (χ3n) is 4.08. The van der Waals surface area contributed by atoms with Crippen LogP contribution >= 0.6 is 27.7 Å². The molecule has 0 spiro atoms. The molecule has 8 heteroatoms. The van der Waals surface area contributed by atoms with E-state index in [1.807, 2.05) is 32.0 Å². The molecule has 29 heavy (non-hydrogen) atoms. The van der Waals surface area contributed by atoms with E-state index in [-0.39, 0.29) is 12.5 Å². The second-order valence-electron chi connectivity index (χ2n) is 6.23. The van der Waals surface area contributed by atoms with E-state index in [0.717, 1.165) is 26.9 Å². The van der Waals surface area contributed by atoms with Crippen LogP contribution in [0.2, 0.25) is 0 Å². The summed E-state index contributed by atoms with van der Waals surface area (Å²) in [5.41, 5.74) is 3.73. The van der Waals surface area contributed by atoms with Crippen LogP contribution in [0.25, 0.3) is 6.08 Å². The van der Waals surface area contributed by atoms with Gasteiger partial charge in [0.15, 0.2) is 23.3 Å². The molecule has 2 aromatic carbocycles. The van der Waals surface area contributed by atoms with Gasteiger partial charge in [0.05, 0.1) is 17.7 Å². The molecule has 2 aromatic rings. The lowest BCUT2D eigenvalue weighted by molar-refractivity contribution is -0.115. The SMILES string of the molecule is COc1cc(/C=C2\SC(=Nc3cc(C)c(Br)c(C)c3)NC2=O)ccc1OCC#N. The van der Waals surface area contributed by atoms with Crippen LogP contribution in [0.3, 0.4) is 0 Å². The van der Waals surface area contributed by atoms with E-state index in [1.54, 1.807) is 24.3 Å². The van der Waals surface area contributed by atoms with Gasteiger partial charge in [0.1, 0.15) is 6.07 Å². The Labute approximate surface area is 181 Å². The van der Waals surface area contributed by atoms with Gasteiger partial charge in [-0.15, -0.1) is 0 Å². The highest BCUT2D eigenvalue weighted by atomic mass is 79.9. The van der Waals surface area contributed by atoms with Crippen molar-refractivity contribution in [1.29, 1.82) is 5.26 Å². The van der Waals surface area contributed by atoms with Crippen molar-refractivity contribution in [2.24, 2.45) is 4.99 Å². The summed E-state index contributed by atoms with van der Waals surface area (Å²) in [6.07, 6.45) is 1.76. The summed E-state index contributed by atoms with van der Waals surface area (Å²) in [6.45, 7) is 3.94. The van der Waals surface area contributed by atoms with Crippen LogP contribution < -0.4 is 14.8 Å². The first-order valence-electron chi connectivity index (χ1n) is 8.65. The molecular weight excluding hydrogens is 454 g/mol. The predicted molar refractivity (Wildman–Crippen MR) is 119 cm³/mol. The maximum absolute atomic E-state index is 12.3. The molecule has 0 aliphatic carbocycles. The second-order valence-corrected chi connectivity index (χ2v) is 8.06. The number of rotatable bonds is 5. The van der Waals surface area contributed by atoms with Gasteiger partial charge in [0, 0.05) is 4.47 Å². The molecule has 0 unspecified atom stereocenters. The highest BCUT2D eigenvalue weighted by Gasteiger charge is 2.24.